The first-order valence-electron chi connectivity index (χ1n) is 8.52. The van der Waals surface area contributed by atoms with Crippen molar-refractivity contribution < 1.29 is 23.7 Å². The number of hydrogen-bond donors (Lipinski definition) is 0. The van der Waals surface area contributed by atoms with Crippen LogP contribution in [-0.4, -0.2) is 45.8 Å². The molecule has 1 saturated heterocycles. The summed E-state index contributed by atoms with van der Waals surface area (Å²) in [4.78, 5) is 12.6. The molecule has 3 rings (SSSR count). The lowest BCUT2D eigenvalue weighted by Crippen LogP contribution is -2.48. The van der Waals surface area contributed by atoms with Crippen LogP contribution in [0.4, 0.5) is 0 Å². The molecule has 1 spiro atoms. The number of rotatable bonds is 7. The summed E-state index contributed by atoms with van der Waals surface area (Å²) in [6, 6.07) is 0. The molecule has 0 radical (unpaired) electrons. The Morgan fingerprint density at radius 1 is 1.17 bits per heavy atom. The minimum Gasteiger partial charge on any atom is -0.462 e. The van der Waals surface area contributed by atoms with Gasteiger partial charge in [-0.25, -0.2) is 0 Å². The van der Waals surface area contributed by atoms with E-state index < -0.39 is 0 Å². The van der Waals surface area contributed by atoms with Crippen LogP contribution in [0.25, 0.3) is 0 Å². The second-order valence-electron chi connectivity index (χ2n) is 7.80. The molecule has 2 fully saturated rings. The van der Waals surface area contributed by atoms with Crippen LogP contribution in [0.1, 0.15) is 33.1 Å². The summed E-state index contributed by atoms with van der Waals surface area (Å²) in [6.07, 6.45) is 7.21. The second-order valence-corrected chi connectivity index (χ2v) is 7.80. The number of esters is 1. The van der Waals surface area contributed by atoms with Gasteiger partial charge in [-0.1, -0.05) is 26.0 Å². The third-order valence-corrected chi connectivity index (χ3v) is 5.60. The van der Waals surface area contributed by atoms with Crippen molar-refractivity contribution in [3.05, 3.63) is 12.2 Å². The largest absolute Gasteiger partial charge is 0.462 e. The minimum atomic E-state index is -0.341. The van der Waals surface area contributed by atoms with Crippen molar-refractivity contribution in [2.45, 2.75) is 39.2 Å². The van der Waals surface area contributed by atoms with E-state index in [1.165, 1.54) is 0 Å². The first kappa shape index (κ1) is 16.9. The van der Waals surface area contributed by atoms with Crippen molar-refractivity contribution in [3.63, 3.8) is 0 Å². The summed E-state index contributed by atoms with van der Waals surface area (Å²) >= 11 is 0. The SMILES string of the molecule is COCCOCOC[C@H]1C=C[C@H]2C(C)(C)C[C@@H]3C[C@@]2(C1)C(=O)O3. The van der Waals surface area contributed by atoms with E-state index in [9.17, 15) is 4.79 Å². The molecule has 4 atom stereocenters. The molecule has 5 nitrogen and oxygen atoms in total. The van der Waals surface area contributed by atoms with Crippen LogP contribution >= 0.6 is 0 Å². The fraction of sp³-hybridized carbons (Fsp3) is 0.833. The standard InChI is InChI=1S/C18H28O5/c1-17(2)9-14-10-18(16(19)23-14)8-13(4-5-15(17)18)11-22-12-21-7-6-20-3/h4-5,13-15H,6-12H2,1-3H3/t13-,14+,15-,18+/m0/s1. The first-order chi connectivity index (χ1) is 11.0. The second kappa shape index (κ2) is 6.54. The Kier molecular flexibility index (Phi) is 4.81. The molecule has 23 heavy (non-hydrogen) atoms. The number of carbonyl (C=O) groups is 1. The van der Waals surface area contributed by atoms with Crippen LogP contribution in [0.5, 0.6) is 0 Å². The molecule has 0 aromatic carbocycles. The van der Waals surface area contributed by atoms with E-state index >= 15 is 0 Å². The smallest absolute Gasteiger partial charge is 0.313 e. The molecule has 1 aliphatic heterocycles. The molecule has 1 saturated carbocycles. The lowest BCUT2D eigenvalue weighted by atomic mass is 9.52. The van der Waals surface area contributed by atoms with Gasteiger partial charge in [-0.05, 0) is 24.2 Å². The summed E-state index contributed by atoms with van der Waals surface area (Å²) in [5, 5.41) is 0. The van der Waals surface area contributed by atoms with Gasteiger partial charge < -0.3 is 18.9 Å². The lowest BCUT2D eigenvalue weighted by Gasteiger charge is -2.48. The fourth-order valence-electron chi connectivity index (χ4n) is 4.75. The first-order valence-corrected chi connectivity index (χ1v) is 8.52. The molecule has 1 heterocycles. The Labute approximate surface area is 138 Å². The Hall–Kier alpha value is -0.910. The zero-order valence-corrected chi connectivity index (χ0v) is 14.4. The van der Waals surface area contributed by atoms with Crippen molar-refractivity contribution in [2.24, 2.45) is 22.7 Å². The highest BCUT2D eigenvalue weighted by Gasteiger charge is 2.63. The van der Waals surface area contributed by atoms with E-state index in [1.54, 1.807) is 7.11 Å². The summed E-state index contributed by atoms with van der Waals surface area (Å²) in [5.74, 6) is 0.525. The molecule has 0 unspecified atom stereocenters. The quantitative estimate of drug-likeness (QED) is 0.312. The number of ether oxygens (including phenoxy) is 4. The Balaban J connectivity index is 1.59. The van der Waals surface area contributed by atoms with Gasteiger partial charge in [0.1, 0.15) is 12.9 Å². The normalized spacial score (nSPS) is 37.5. The van der Waals surface area contributed by atoms with Gasteiger partial charge in [0.05, 0.1) is 25.2 Å². The van der Waals surface area contributed by atoms with Crippen LogP contribution in [0.15, 0.2) is 12.2 Å². The lowest BCUT2D eigenvalue weighted by molar-refractivity contribution is -0.151. The Bertz CT molecular complexity index is 472. The highest BCUT2D eigenvalue weighted by Crippen LogP contribution is 2.61. The molecule has 130 valence electrons. The van der Waals surface area contributed by atoms with Crippen molar-refractivity contribution in [1.82, 2.24) is 0 Å². The number of fused-ring (bicyclic) bond motifs is 1. The molecule has 3 aliphatic rings. The van der Waals surface area contributed by atoms with E-state index in [0.717, 1.165) is 19.3 Å². The number of allylic oxidation sites excluding steroid dienone is 1. The number of hydrogen-bond acceptors (Lipinski definition) is 5. The van der Waals surface area contributed by atoms with Gasteiger partial charge >= 0.3 is 5.97 Å². The fourth-order valence-corrected chi connectivity index (χ4v) is 4.75. The highest BCUT2D eigenvalue weighted by atomic mass is 16.7. The van der Waals surface area contributed by atoms with Gasteiger partial charge in [-0.15, -0.1) is 0 Å². The van der Waals surface area contributed by atoms with Crippen LogP contribution in [0.3, 0.4) is 0 Å². The van der Waals surface area contributed by atoms with Crippen LogP contribution in [0, 0.1) is 22.7 Å². The van der Waals surface area contributed by atoms with Gasteiger partial charge in [0.15, 0.2) is 0 Å². The Morgan fingerprint density at radius 3 is 2.78 bits per heavy atom. The third-order valence-electron chi connectivity index (χ3n) is 5.60. The van der Waals surface area contributed by atoms with Crippen molar-refractivity contribution in [1.29, 1.82) is 0 Å². The topological polar surface area (TPSA) is 54.0 Å². The van der Waals surface area contributed by atoms with Gasteiger partial charge in [0, 0.05) is 19.4 Å². The highest BCUT2D eigenvalue weighted by molar-refractivity contribution is 5.81. The molecule has 5 heteroatoms. The predicted octanol–water partition coefficient (Wildman–Crippen LogP) is 2.55. The van der Waals surface area contributed by atoms with Crippen LogP contribution in [0.2, 0.25) is 0 Å². The molecule has 0 N–H and O–H groups in total. The van der Waals surface area contributed by atoms with Crippen molar-refractivity contribution >= 4 is 5.97 Å². The summed E-state index contributed by atoms with van der Waals surface area (Å²) < 4.78 is 21.5. The average Bonchev–Trinajstić information content (AvgIpc) is 2.73. The zero-order chi connectivity index (χ0) is 16.5. The molecule has 2 bridgehead atoms. The van der Waals surface area contributed by atoms with Gasteiger partial charge in [-0.2, -0.15) is 0 Å². The van der Waals surface area contributed by atoms with Crippen LogP contribution < -0.4 is 0 Å². The average molecular weight is 324 g/mol. The summed E-state index contributed by atoms with van der Waals surface area (Å²) in [6.45, 7) is 6.46. The summed E-state index contributed by atoms with van der Waals surface area (Å²) in [5.41, 5.74) is -0.229. The molecule has 0 aromatic rings. The maximum absolute atomic E-state index is 12.6. The number of carbonyl (C=O) groups excluding carboxylic acids is 1. The predicted molar refractivity (Wildman–Crippen MR) is 84.7 cm³/mol. The van der Waals surface area contributed by atoms with E-state index in [4.69, 9.17) is 18.9 Å². The minimum absolute atomic E-state index is 0.00349. The van der Waals surface area contributed by atoms with E-state index in [-0.39, 0.29) is 41.5 Å². The van der Waals surface area contributed by atoms with Crippen molar-refractivity contribution in [2.75, 3.05) is 33.7 Å². The summed E-state index contributed by atoms with van der Waals surface area (Å²) in [7, 11) is 1.65. The van der Waals surface area contributed by atoms with Gasteiger partial charge in [-0.3, -0.25) is 4.79 Å². The molecule has 0 amide bonds. The maximum Gasteiger partial charge on any atom is 0.313 e. The van der Waals surface area contributed by atoms with E-state index in [0.29, 0.717) is 19.8 Å². The number of methoxy groups -OCH3 is 1. The van der Waals surface area contributed by atoms with Crippen molar-refractivity contribution in [3.8, 4) is 0 Å². The Morgan fingerprint density at radius 2 is 2.00 bits per heavy atom. The monoisotopic (exact) mass is 324 g/mol. The molecule has 0 aromatic heterocycles. The molecule has 2 aliphatic carbocycles. The third kappa shape index (κ3) is 3.19. The van der Waals surface area contributed by atoms with Gasteiger partial charge in [0.2, 0.25) is 0 Å². The zero-order valence-electron chi connectivity index (χ0n) is 14.4. The van der Waals surface area contributed by atoms with Crippen LogP contribution in [-0.2, 0) is 23.7 Å². The van der Waals surface area contributed by atoms with E-state index in [2.05, 4.69) is 26.0 Å². The maximum atomic E-state index is 12.6. The molecular formula is C18H28O5. The van der Waals surface area contributed by atoms with Gasteiger partial charge in [0.25, 0.3) is 0 Å². The molecular weight excluding hydrogens is 296 g/mol. The van der Waals surface area contributed by atoms with E-state index in [1.807, 2.05) is 0 Å².